The predicted octanol–water partition coefficient (Wildman–Crippen LogP) is 2.77. The van der Waals surface area contributed by atoms with Gasteiger partial charge in [0, 0.05) is 7.14 Å². The van der Waals surface area contributed by atoms with Gasteiger partial charge < -0.3 is 4.74 Å². The molecule has 8 heteroatoms. The fraction of sp³-hybridized carbons (Fsp3) is 0.250. The minimum atomic E-state index is -3.96. The fourth-order valence-electron chi connectivity index (χ4n) is 0.872. The number of hydrogen-bond acceptors (Lipinski definition) is 3. The first-order valence-electron chi connectivity index (χ1n) is 4.02. The minimum absolute atomic E-state index is 0.0501. The number of benzene rings is 1. The lowest BCUT2D eigenvalue weighted by Gasteiger charge is -2.08. The first-order chi connectivity index (χ1) is 7.29. The average molecular weight is 580 g/mol. The lowest BCUT2D eigenvalue weighted by molar-refractivity contribution is 0.333. The van der Waals surface area contributed by atoms with Crippen LogP contribution in [0.1, 0.15) is 0 Å². The van der Waals surface area contributed by atoms with Gasteiger partial charge in [-0.05, 0) is 79.9 Å². The van der Waals surface area contributed by atoms with Crippen LogP contribution in [0, 0.1) is 10.7 Å². The van der Waals surface area contributed by atoms with Crippen LogP contribution in [0.3, 0.4) is 0 Å². The van der Waals surface area contributed by atoms with Crippen molar-refractivity contribution in [3.8, 4) is 5.75 Å². The van der Waals surface area contributed by atoms with Crippen LogP contribution in [-0.4, -0.2) is 25.3 Å². The maximum Gasteiger partial charge on any atom is 0.268 e. The third-order valence-electron chi connectivity index (χ3n) is 1.57. The second-order valence-electron chi connectivity index (χ2n) is 2.83. The van der Waals surface area contributed by atoms with Gasteiger partial charge in [-0.2, -0.15) is 8.42 Å². The van der Waals surface area contributed by atoms with E-state index in [0.29, 0.717) is 5.75 Å². The molecular weight excluding hydrogens is 573 g/mol. The van der Waals surface area contributed by atoms with Crippen molar-refractivity contribution in [1.29, 1.82) is 0 Å². The van der Waals surface area contributed by atoms with Crippen LogP contribution in [0.4, 0.5) is 0 Å². The Morgan fingerprint density at radius 3 is 2.25 bits per heavy atom. The summed E-state index contributed by atoms with van der Waals surface area (Å²) in [5, 5.41) is 0. The average Bonchev–Trinajstić information content (AvgIpc) is 2.11. The Hall–Kier alpha value is 1.12. The molecule has 16 heavy (non-hydrogen) atoms. The molecule has 4 nitrogen and oxygen atoms in total. The lowest BCUT2D eigenvalue weighted by Crippen LogP contribution is -2.13. The highest BCUT2D eigenvalue weighted by Crippen LogP contribution is 2.27. The molecule has 0 aromatic heterocycles. The molecule has 0 bridgehead atoms. The van der Waals surface area contributed by atoms with Crippen LogP contribution in [0.15, 0.2) is 12.1 Å². The Kier molecular flexibility index (Phi) is 6.01. The SMILES string of the molecule is O=S(=O)(O)CCOc1cc(I)c(I)cc1I. The van der Waals surface area contributed by atoms with Crippen LogP contribution in [-0.2, 0) is 10.1 Å². The molecule has 0 heterocycles. The zero-order valence-electron chi connectivity index (χ0n) is 7.78. The molecule has 1 aromatic rings. The molecule has 0 aliphatic rings. The maximum atomic E-state index is 10.5. The number of halogens is 3. The zero-order valence-corrected chi connectivity index (χ0v) is 15.1. The van der Waals surface area contributed by atoms with Gasteiger partial charge in [-0.15, -0.1) is 0 Å². The van der Waals surface area contributed by atoms with Crippen LogP contribution in [0.5, 0.6) is 5.75 Å². The van der Waals surface area contributed by atoms with E-state index >= 15 is 0 Å². The number of ether oxygens (including phenoxy) is 1. The molecule has 0 saturated carbocycles. The molecule has 1 N–H and O–H groups in total. The van der Waals surface area contributed by atoms with Crippen LogP contribution < -0.4 is 4.74 Å². The van der Waals surface area contributed by atoms with Crippen LogP contribution in [0.2, 0.25) is 0 Å². The molecule has 0 spiro atoms. The summed E-state index contributed by atoms with van der Waals surface area (Å²) in [5.41, 5.74) is 0. The quantitative estimate of drug-likeness (QED) is 0.339. The molecule has 1 rings (SSSR count). The summed E-state index contributed by atoms with van der Waals surface area (Å²) in [4.78, 5) is 0. The van der Waals surface area contributed by atoms with Gasteiger partial charge in [-0.3, -0.25) is 4.55 Å². The molecule has 1 aromatic carbocycles. The summed E-state index contributed by atoms with van der Waals surface area (Å²) in [6.07, 6.45) is 0. The van der Waals surface area contributed by atoms with Crippen molar-refractivity contribution >= 4 is 77.9 Å². The van der Waals surface area contributed by atoms with Crippen LogP contribution in [0.25, 0.3) is 0 Å². The second-order valence-corrected chi connectivity index (χ2v) is 7.89. The van der Waals surface area contributed by atoms with Gasteiger partial charge >= 0.3 is 0 Å². The topological polar surface area (TPSA) is 63.6 Å². The van der Waals surface area contributed by atoms with Crippen molar-refractivity contribution in [3.05, 3.63) is 22.8 Å². The Labute approximate surface area is 135 Å². The molecule has 0 aliphatic heterocycles. The zero-order chi connectivity index (χ0) is 12.3. The lowest BCUT2D eigenvalue weighted by atomic mass is 10.3. The van der Waals surface area contributed by atoms with E-state index in [4.69, 9.17) is 9.29 Å². The van der Waals surface area contributed by atoms with Crippen molar-refractivity contribution < 1.29 is 17.7 Å². The minimum Gasteiger partial charge on any atom is -0.491 e. The van der Waals surface area contributed by atoms with Gasteiger partial charge in [-0.25, -0.2) is 0 Å². The monoisotopic (exact) mass is 580 g/mol. The van der Waals surface area contributed by atoms with Crippen molar-refractivity contribution in [2.75, 3.05) is 12.4 Å². The van der Waals surface area contributed by atoms with E-state index in [0.717, 1.165) is 10.7 Å². The first kappa shape index (κ1) is 15.2. The Bertz CT molecular complexity index is 486. The van der Waals surface area contributed by atoms with E-state index in [9.17, 15) is 8.42 Å². The van der Waals surface area contributed by atoms with E-state index in [2.05, 4.69) is 67.8 Å². The Morgan fingerprint density at radius 1 is 1.12 bits per heavy atom. The third-order valence-corrected chi connectivity index (χ3v) is 5.92. The molecular formula is C8H7I3O4S. The highest BCUT2D eigenvalue weighted by molar-refractivity contribution is 14.1. The van der Waals surface area contributed by atoms with E-state index in [-0.39, 0.29) is 6.61 Å². The summed E-state index contributed by atoms with van der Waals surface area (Å²) in [7, 11) is -3.96. The number of hydrogen-bond donors (Lipinski definition) is 1. The summed E-state index contributed by atoms with van der Waals surface area (Å²) < 4.78 is 37.9. The van der Waals surface area contributed by atoms with Crippen LogP contribution >= 0.6 is 67.8 Å². The summed E-state index contributed by atoms with van der Waals surface area (Å²) in [6, 6.07) is 3.79. The van der Waals surface area contributed by atoms with Gasteiger partial charge in [0.15, 0.2) is 0 Å². The first-order valence-corrected chi connectivity index (χ1v) is 8.86. The molecule has 0 amide bonds. The molecule has 0 unspecified atom stereocenters. The van der Waals surface area contributed by atoms with Gasteiger partial charge in [-0.1, -0.05) is 0 Å². The van der Waals surface area contributed by atoms with E-state index in [1.54, 1.807) is 0 Å². The van der Waals surface area contributed by atoms with E-state index in [1.807, 2.05) is 12.1 Å². The molecule has 0 saturated heterocycles. The van der Waals surface area contributed by atoms with Gasteiger partial charge in [0.05, 0.1) is 3.57 Å². The molecule has 0 fully saturated rings. The fourth-order valence-corrected chi connectivity index (χ4v) is 3.29. The molecule has 0 atom stereocenters. The van der Waals surface area contributed by atoms with Crippen molar-refractivity contribution in [1.82, 2.24) is 0 Å². The number of rotatable bonds is 4. The van der Waals surface area contributed by atoms with Crippen molar-refractivity contribution in [3.63, 3.8) is 0 Å². The van der Waals surface area contributed by atoms with E-state index < -0.39 is 15.9 Å². The van der Waals surface area contributed by atoms with Gasteiger partial charge in [0.2, 0.25) is 0 Å². The maximum absolute atomic E-state index is 10.5. The normalized spacial score (nSPS) is 11.5. The van der Waals surface area contributed by atoms with Crippen molar-refractivity contribution in [2.24, 2.45) is 0 Å². The molecule has 0 aliphatic carbocycles. The smallest absolute Gasteiger partial charge is 0.268 e. The highest BCUT2D eigenvalue weighted by Gasteiger charge is 2.08. The Balaban J connectivity index is 2.71. The Morgan fingerprint density at radius 2 is 1.69 bits per heavy atom. The largest absolute Gasteiger partial charge is 0.491 e. The highest BCUT2D eigenvalue weighted by atomic mass is 127. The summed E-state index contributed by atoms with van der Waals surface area (Å²) in [5.74, 6) is 0.236. The third kappa shape index (κ3) is 5.18. The standard InChI is InChI=1S/C8H7I3O4S/c9-5-3-7(11)8(4-6(5)10)15-1-2-16(12,13)14/h3-4H,1-2H2,(H,12,13,14). The predicted molar refractivity (Wildman–Crippen MR) is 86.5 cm³/mol. The summed E-state index contributed by atoms with van der Waals surface area (Å²) >= 11 is 6.51. The van der Waals surface area contributed by atoms with Gasteiger partial charge in [0.1, 0.15) is 18.1 Å². The second kappa shape index (κ2) is 6.33. The molecule has 90 valence electrons. The van der Waals surface area contributed by atoms with E-state index in [1.165, 1.54) is 0 Å². The summed E-state index contributed by atoms with van der Waals surface area (Å²) in [6.45, 7) is -0.0501. The molecule has 0 radical (unpaired) electrons. The van der Waals surface area contributed by atoms with Crippen molar-refractivity contribution in [2.45, 2.75) is 0 Å². The van der Waals surface area contributed by atoms with Gasteiger partial charge in [0.25, 0.3) is 10.1 Å².